The van der Waals surface area contributed by atoms with Crippen molar-refractivity contribution in [1.29, 1.82) is 0 Å². The first-order valence-corrected chi connectivity index (χ1v) is 5.56. The molecule has 1 atom stereocenters. The van der Waals surface area contributed by atoms with Gasteiger partial charge in [0, 0.05) is 11.5 Å². The molecule has 0 bridgehead atoms. The fourth-order valence-electron chi connectivity index (χ4n) is 0.983. The molecule has 5 heteroatoms. The topological polar surface area (TPSA) is 63.3 Å². The average molecular weight is 229 g/mol. The van der Waals surface area contributed by atoms with Crippen molar-refractivity contribution >= 4 is 17.7 Å². The number of rotatable bonds is 5. The first-order chi connectivity index (χ1) is 7.11. The largest absolute Gasteiger partial charge is 0.480 e. The van der Waals surface area contributed by atoms with Gasteiger partial charge in [0.25, 0.3) is 0 Å². The molecule has 3 nitrogen and oxygen atoms in total. The summed E-state index contributed by atoms with van der Waals surface area (Å²) >= 11 is 1.31. The van der Waals surface area contributed by atoms with E-state index in [9.17, 15) is 9.18 Å². The molecule has 1 aromatic rings. The van der Waals surface area contributed by atoms with Gasteiger partial charge in [-0.2, -0.15) is 11.8 Å². The second-order valence-electron chi connectivity index (χ2n) is 3.05. The van der Waals surface area contributed by atoms with Gasteiger partial charge in [-0.1, -0.05) is 18.2 Å². The lowest BCUT2D eigenvalue weighted by Gasteiger charge is -2.06. The number of hydrogen-bond acceptors (Lipinski definition) is 3. The summed E-state index contributed by atoms with van der Waals surface area (Å²) in [5.74, 6) is -0.581. The molecule has 0 spiro atoms. The minimum Gasteiger partial charge on any atom is -0.480 e. The summed E-state index contributed by atoms with van der Waals surface area (Å²) < 4.78 is 13.1. The molecule has 0 saturated heterocycles. The second-order valence-corrected chi connectivity index (χ2v) is 4.08. The number of nitrogens with two attached hydrogens (primary N) is 1. The number of carboxylic acids is 1. The van der Waals surface area contributed by atoms with E-state index in [0.29, 0.717) is 11.3 Å². The number of benzene rings is 1. The zero-order valence-electron chi connectivity index (χ0n) is 8.02. The van der Waals surface area contributed by atoms with Crippen molar-refractivity contribution in [3.8, 4) is 0 Å². The number of aliphatic carboxylic acids is 1. The molecule has 0 radical (unpaired) electrons. The summed E-state index contributed by atoms with van der Waals surface area (Å²) in [5.41, 5.74) is 5.87. The third-order valence-electron chi connectivity index (χ3n) is 1.83. The monoisotopic (exact) mass is 229 g/mol. The van der Waals surface area contributed by atoms with Crippen molar-refractivity contribution in [2.45, 2.75) is 11.8 Å². The van der Waals surface area contributed by atoms with Crippen LogP contribution in [-0.2, 0) is 10.5 Å². The van der Waals surface area contributed by atoms with Crippen LogP contribution in [0, 0.1) is 5.82 Å². The molecule has 0 unspecified atom stereocenters. The average Bonchev–Trinajstić information content (AvgIpc) is 2.20. The van der Waals surface area contributed by atoms with Crippen molar-refractivity contribution in [3.63, 3.8) is 0 Å². The van der Waals surface area contributed by atoms with Crippen LogP contribution < -0.4 is 5.73 Å². The highest BCUT2D eigenvalue weighted by molar-refractivity contribution is 7.98. The molecule has 0 aromatic heterocycles. The van der Waals surface area contributed by atoms with Gasteiger partial charge in [0.05, 0.1) is 0 Å². The summed E-state index contributed by atoms with van der Waals surface area (Å²) in [6, 6.07) is 5.53. The molecule has 0 heterocycles. The Morgan fingerprint density at radius 1 is 1.53 bits per heavy atom. The first-order valence-electron chi connectivity index (χ1n) is 4.41. The van der Waals surface area contributed by atoms with E-state index in [1.807, 2.05) is 0 Å². The maximum absolute atomic E-state index is 13.1. The third-order valence-corrected chi connectivity index (χ3v) is 2.94. The van der Waals surface area contributed by atoms with Gasteiger partial charge >= 0.3 is 5.97 Å². The lowest BCUT2D eigenvalue weighted by Crippen LogP contribution is -2.32. The van der Waals surface area contributed by atoms with E-state index in [1.165, 1.54) is 17.8 Å². The smallest absolute Gasteiger partial charge is 0.321 e. The van der Waals surface area contributed by atoms with Crippen LogP contribution in [0.1, 0.15) is 5.56 Å². The minimum atomic E-state index is -1.03. The molecule has 0 amide bonds. The maximum atomic E-state index is 13.1. The third kappa shape index (κ3) is 3.89. The summed E-state index contributed by atoms with van der Waals surface area (Å²) in [6.45, 7) is 0. The van der Waals surface area contributed by atoms with E-state index >= 15 is 0 Å². The number of hydrogen-bond donors (Lipinski definition) is 2. The quantitative estimate of drug-likeness (QED) is 0.802. The molecular formula is C10H12FNO2S. The van der Waals surface area contributed by atoms with Gasteiger partial charge in [-0.05, 0) is 11.6 Å². The Bertz CT molecular complexity index is 346. The van der Waals surface area contributed by atoms with Crippen molar-refractivity contribution in [2.24, 2.45) is 5.73 Å². The van der Waals surface area contributed by atoms with Crippen LogP contribution in [0.15, 0.2) is 24.3 Å². The van der Waals surface area contributed by atoms with Crippen LogP contribution in [0.5, 0.6) is 0 Å². The standard InChI is InChI=1S/C10H12FNO2S/c11-8-4-2-1-3-7(8)5-15-6-9(12)10(13)14/h1-4,9H,5-6,12H2,(H,13,14)/t9-/m0/s1. The fraction of sp³-hybridized carbons (Fsp3) is 0.300. The Labute approximate surface area is 91.5 Å². The van der Waals surface area contributed by atoms with E-state index in [-0.39, 0.29) is 11.6 Å². The molecule has 0 aliphatic rings. The van der Waals surface area contributed by atoms with Crippen molar-refractivity contribution in [3.05, 3.63) is 35.6 Å². The molecule has 3 N–H and O–H groups in total. The Hall–Kier alpha value is -1.07. The maximum Gasteiger partial charge on any atom is 0.321 e. The zero-order valence-corrected chi connectivity index (χ0v) is 8.84. The Balaban J connectivity index is 2.38. The Morgan fingerprint density at radius 2 is 2.20 bits per heavy atom. The highest BCUT2D eigenvalue weighted by Gasteiger charge is 2.11. The molecule has 0 fully saturated rings. The highest BCUT2D eigenvalue weighted by Crippen LogP contribution is 2.15. The predicted molar refractivity (Wildman–Crippen MR) is 58.2 cm³/mol. The lowest BCUT2D eigenvalue weighted by molar-refractivity contribution is -0.137. The minimum absolute atomic E-state index is 0.270. The molecule has 0 aliphatic carbocycles. The molecular weight excluding hydrogens is 217 g/mol. The lowest BCUT2D eigenvalue weighted by atomic mass is 10.2. The van der Waals surface area contributed by atoms with Crippen molar-refractivity contribution in [2.75, 3.05) is 5.75 Å². The molecule has 15 heavy (non-hydrogen) atoms. The van der Waals surface area contributed by atoms with Crippen LogP contribution in [0.25, 0.3) is 0 Å². The first kappa shape index (κ1) is 12.0. The van der Waals surface area contributed by atoms with Gasteiger partial charge in [0.15, 0.2) is 0 Å². The Morgan fingerprint density at radius 3 is 2.80 bits per heavy atom. The number of carboxylic acid groups (broad SMARTS) is 1. The van der Waals surface area contributed by atoms with Crippen LogP contribution in [0.3, 0.4) is 0 Å². The van der Waals surface area contributed by atoms with E-state index in [0.717, 1.165) is 0 Å². The van der Waals surface area contributed by atoms with Gasteiger partial charge in [-0.15, -0.1) is 0 Å². The number of halogens is 1. The van der Waals surface area contributed by atoms with Crippen LogP contribution in [0.4, 0.5) is 4.39 Å². The Kier molecular flexibility index (Phi) is 4.58. The SMILES string of the molecule is N[C@@H](CSCc1ccccc1F)C(=O)O. The van der Waals surface area contributed by atoms with E-state index in [4.69, 9.17) is 10.8 Å². The van der Waals surface area contributed by atoms with Crippen molar-refractivity contribution in [1.82, 2.24) is 0 Å². The van der Waals surface area contributed by atoms with Gasteiger partial charge < -0.3 is 10.8 Å². The zero-order chi connectivity index (χ0) is 11.3. The second kappa shape index (κ2) is 5.72. The van der Waals surface area contributed by atoms with Crippen LogP contribution >= 0.6 is 11.8 Å². The molecule has 1 rings (SSSR count). The normalized spacial score (nSPS) is 12.4. The van der Waals surface area contributed by atoms with Crippen LogP contribution in [0.2, 0.25) is 0 Å². The number of thioether (sulfide) groups is 1. The van der Waals surface area contributed by atoms with E-state index in [1.54, 1.807) is 18.2 Å². The summed E-state index contributed by atoms with van der Waals surface area (Å²) in [4.78, 5) is 10.4. The highest BCUT2D eigenvalue weighted by atomic mass is 32.2. The van der Waals surface area contributed by atoms with Crippen molar-refractivity contribution < 1.29 is 14.3 Å². The van der Waals surface area contributed by atoms with Gasteiger partial charge in [-0.3, -0.25) is 4.79 Å². The van der Waals surface area contributed by atoms with Crippen LogP contribution in [-0.4, -0.2) is 22.9 Å². The number of carbonyl (C=O) groups is 1. The molecule has 0 saturated carbocycles. The van der Waals surface area contributed by atoms with E-state index in [2.05, 4.69) is 0 Å². The summed E-state index contributed by atoms with van der Waals surface area (Å²) in [6.07, 6.45) is 0. The summed E-state index contributed by atoms with van der Waals surface area (Å²) in [7, 11) is 0. The van der Waals surface area contributed by atoms with Gasteiger partial charge in [0.2, 0.25) is 0 Å². The predicted octanol–water partition coefficient (Wildman–Crippen LogP) is 1.47. The summed E-state index contributed by atoms with van der Waals surface area (Å²) in [5, 5.41) is 8.52. The van der Waals surface area contributed by atoms with E-state index < -0.39 is 12.0 Å². The molecule has 82 valence electrons. The van der Waals surface area contributed by atoms with Gasteiger partial charge in [-0.25, -0.2) is 4.39 Å². The van der Waals surface area contributed by atoms with Gasteiger partial charge in [0.1, 0.15) is 11.9 Å². The fourth-order valence-corrected chi connectivity index (χ4v) is 1.95. The molecule has 1 aromatic carbocycles. The molecule has 0 aliphatic heterocycles.